The lowest BCUT2D eigenvalue weighted by Crippen LogP contribution is -2.55. The molecule has 29 heavy (non-hydrogen) atoms. The van der Waals surface area contributed by atoms with Crippen LogP contribution >= 0.6 is 0 Å². The van der Waals surface area contributed by atoms with Crippen LogP contribution < -0.4 is 22.1 Å². The van der Waals surface area contributed by atoms with E-state index in [0.29, 0.717) is 5.56 Å². The molecule has 0 saturated heterocycles. The van der Waals surface area contributed by atoms with E-state index in [0.717, 1.165) is 0 Å². The molecular formula is C17H23N5O7. The SMILES string of the molecule is NC(=O)C[C@H](NC(=O)[C@@H](N)CCC(=O)O)C(=O)N[C@@H](Cc1cccnc1)C(=O)O. The third kappa shape index (κ3) is 8.79. The van der Waals surface area contributed by atoms with Crippen LogP contribution in [0.2, 0.25) is 0 Å². The van der Waals surface area contributed by atoms with Gasteiger partial charge in [0.2, 0.25) is 17.7 Å². The minimum Gasteiger partial charge on any atom is -0.481 e. The van der Waals surface area contributed by atoms with Crippen LogP contribution in [0.15, 0.2) is 24.5 Å². The Balaban J connectivity index is 2.82. The number of nitrogens with one attached hydrogen (secondary N) is 2. The topological polar surface area (TPSA) is 215 Å². The van der Waals surface area contributed by atoms with Crippen molar-refractivity contribution >= 4 is 29.7 Å². The van der Waals surface area contributed by atoms with Gasteiger partial charge < -0.3 is 32.3 Å². The molecule has 1 aromatic rings. The molecule has 0 unspecified atom stereocenters. The van der Waals surface area contributed by atoms with Gasteiger partial charge in [-0.1, -0.05) is 6.07 Å². The highest BCUT2D eigenvalue weighted by Crippen LogP contribution is 2.04. The zero-order chi connectivity index (χ0) is 22.0. The summed E-state index contributed by atoms with van der Waals surface area (Å²) < 4.78 is 0. The van der Waals surface area contributed by atoms with E-state index < -0.39 is 54.2 Å². The van der Waals surface area contributed by atoms with Gasteiger partial charge in [-0.2, -0.15) is 0 Å². The number of rotatable bonds is 12. The molecule has 3 amide bonds. The van der Waals surface area contributed by atoms with Gasteiger partial charge in [0.25, 0.3) is 0 Å². The van der Waals surface area contributed by atoms with E-state index in [9.17, 15) is 29.1 Å². The van der Waals surface area contributed by atoms with Gasteiger partial charge in [-0.15, -0.1) is 0 Å². The number of carbonyl (C=O) groups excluding carboxylic acids is 3. The smallest absolute Gasteiger partial charge is 0.326 e. The van der Waals surface area contributed by atoms with Crippen LogP contribution in [0.4, 0.5) is 0 Å². The number of carboxylic acids is 2. The van der Waals surface area contributed by atoms with E-state index in [2.05, 4.69) is 15.6 Å². The molecule has 0 fully saturated rings. The summed E-state index contributed by atoms with van der Waals surface area (Å²) >= 11 is 0. The molecule has 0 aliphatic heterocycles. The summed E-state index contributed by atoms with van der Waals surface area (Å²) in [7, 11) is 0. The Labute approximate surface area is 165 Å². The van der Waals surface area contributed by atoms with Crippen LogP contribution in [-0.4, -0.2) is 63.0 Å². The van der Waals surface area contributed by atoms with Gasteiger partial charge in [-0.25, -0.2) is 4.79 Å². The second-order valence-electron chi connectivity index (χ2n) is 6.24. The Kier molecular flexibility index (Phi) is 9.19. The van der Waals surface area contributed by atoms with Crippen LogP contribution in [0.3, 0.4) is 0 Å². The number of nitrogens with two attached hydrogens (primary N) is 2. The van der Waals surface area contributed by atoms with Gasteiger partial charge in [0, 0.05) is 25.2 Å². The van der Waals surface area contributed by atoms with E-state index in [1.165, 1.54) is 12.4 Å². The molecule has 8 N–H and O–H groups in total. The van der Waals surface area contributed by atoms with E-state index in [4.69, 9.17) is 16.6 Å². The number of nitrogens with zero attached hydrogens (tertiary/aromatic N) is 1. The predicted octanol–water partition coefficient (Wildman–Crippen LogP) is -2.25. The fourth-order valence-corrected chi connectivity index (χ4v) is 2.33. The molecule has 0 spiro atoms. The first kappa shape index (κ1) is 23.5. The number of aliphatic carboxylic acids is 2. The lowest BCUT2D eigenvalue weighted by molar-refractivity contribution is -0.142. The molecule has 3 atom stereocenters. The lowest BCUT2D eigenvalue weighted by Gasteiger charge is -2.22. The van der Waals surface area contributed by atoms with Crippen LogP contribution in [0.5, 0.6) is 0 Å². The van der Waals surface area contributed by atoms with Crippen LogP contribution in [0, 0.1) is 0 Å². The van der Waals surface area contributed by atoms with Crippen LogP contribution in [0.25, 0.3) is 0 Å². The van der Waals surface area contributed by atoms with Gasteiger partial charge in [-0.3, -0.25) is 24.2 Å². The average Bonchev–Trinajstić information content (AvgIpc) is 2.65. The fourth-order valence-electron chi connectivity index (χ4n) is 2.33. The molecule has 0 aliphatic carbocycles. The highest BCUT2D eigenvalue weighted by Gasteiger charge is 2.29. The number of hydrogen-bond acceptors (Lipinski definition) is 7. The Bertz CT molecular complexity index is 756. The standard InChI is InChI=1S/C17H23N5O7/c18-10(3-4-14(24)25)15(26)21-11(7-13(19)23)16(27)22-12(17(28)29)6-9-2-1-5-20-8-9/h1-2,5,8,10-12H,3-4,6-7,18H2,(H2,19,23)(H,21,26)(H,22,27)(H,24,25)(H,28,29)/t10-,11-,12-/m0/s1. The van der Waals surface area contributed by atoms with E-state index in [1.54, 1.807) is 12.1 Å². The van der Waals surface area contributed by atoms with Crippen LogP contribution in [-0.2, 0) is 30.4 Å². The number of hydrogen-bond donors (Lipinski definition) is 6. The number of pyridine rings is 1. The molecule has 12 nitrogen and oxygen atoms in total. The molecule has 0 radical (unpaired) electrons. The Hall–Kier alpha value is -3.54. The summed E-state index contributed by atoms with van der Waals surface area (Å²) in [5.74, 6) is -5.21. The van der Waals surface area contributed by atoms with Crippen molar-refractivity contribution in [1.29, 1.82) is 0 Å². The van der Waals surface area contributed by atoms with Crippen molar-refractivity contribution in [3.8, 4) is 0 Å². The maximum atomic E-state index is 12.5. The monoisotopic (exact) mass is 409 g/mol. The first-order valence-electron chi connectivity index (χ1n) is 8.58. The third-order valence-corrected chi connectivity index (χ3v) is 3.82. The van der Waals surface area contributed by atoms with Crippen molar-refractivity contribution in [2.45, 2.75) is 43.8 Å². The Morgan fingerprint density at radius 3 is 2.24 bits per heavy atom. The maximum absolute atomic E-state index is 12.5. The second kappa shape index (κ2) is 11.3. The second-order valence-corrected chi connectivity index (χ2v) is 6.24. The predicted molar refractivity (Wildman–Crippen MR) is 98.1 cm³/mol. The molecule has 0 aliphatic rings. The number of carbonyl (C=O) groups is 5. The average molecular weight is 409 g/mol. The Morgan fingerprint density at radius 1 is 1.07 bits per heavy atom. The van der Waals surface area contributed by atoms with Crippen molar-refractivity contribution in [2.75, 3.05) is 0 Å². The van der Waals surface area contributed by atoms with Gasteiger partial charge in [0.1, 0.15) is 12.1 Å². The highest BCUT2D eigenvalue weighted by molar-refractivity contribution is 5.94. The summed E-state index contributed by atoms with van der Waals surface area (Å²) in [6.45, 7) is 0. The Morgan fingerprint density at radius 2 is 1.72 bits per heavy atom. The highest BCUT2D eigenvalue weighted by atomic mass is 16.4. The molecule has 0 bridgehead atoms. The molecular weight excluding hydrogens is 386 g/mol. The van der Waals surface area contributed by atoms with Crippen molar-refractivity contribution < 1.29 is 34.2 Å². The minimum atomic E-state index is -1.47. The van der Waals surface area contributed by atoms with Crippen molar-refractivity contribution in [1.82, 2.24) is 15.6 Å². The van der Waals surface area contributed by atoms with Crippen molar-refractivity contribution in [2.24, 2.45) is 11.5 Å². The van der Waals surface area contributed by atoms with Crippen LogP contribution in [0.1, 0.15) is 24.8 Å². The van der Waals surface area contributed by atoms with Gasteiger partial charge >= 0.3 is 11.9 Å². The van der Waals surface area contributed by atoms with Gasteiger partial charge in [-0.05, 0) is 18.1 Å². The number of carboxylic acid groups (broad SMARTS) is 2. The summed E-state index contributed by atoms with van der Waals surface area (Å²) in [6, 6.07) is -0.824. The zero-order valence-electron chi connectivity index (χ0n) is 15.4. The number of amides is 3. The van der Waals surface area contributed by atoms with Crippen molar-refractivity contribution in [3.63, 3.8) is 0 Å². The molecule has 158 valence electrons. The fraction of sp³-hybridized carbons (Fsp3) is 0.412. The molecule has 1 aromatic heterocycles. The quantitative estimate of drug-likeness (QED) is 0.219. The molecule has 0 aromatic carbocycles. The van der Waals surface area contributed by atoms with Gasteiger partial charge in [0.15, 0.2) is 0 Å². The maximum Gasteiger partial charge on any atom is 0.326 e. The first-order valence-corrected chi connectivity index (χ1v) is 8.58. The van der Waals surface area contributed by atoms with E-state index >= 15 is 0 Å². The number of aromatic nitrogens is 1. The first-order chi connectivity index (χ1) is 13.6. The van der Waals surface area contributed by atoms with Crippen molar-refractivity contribution in [3.05, 3.63) is 30.1 Å². The third-order valence-electron chi connectivity index (χ3n) is 3.82. The minimum absolute atomic E-state index is 0.0791. The largest absolute Gasteiger partial charge is 0.481 e. The zero-order valence-corrected chi connectivity index (χ0v) is 15.4. The number of primary amides is 1. The summed E-state index contributed by atoms with van der Waals surface area (Å²) in [6.07, 6.45) is 1.71. The normalized spacial score (nSPS) is 13.6. The molecule has 0 saturated carbocycles. The summed E-state index contributed by atoms with van der Waals surface area (Å²) in [5.41, 5.74) is 11.2. The van der Waals surface area contributed by atoms with Gasteiger partial charge in [0.05, 0.1) is 12.5 Å². The summed E-state index contributed by atoms with van der Waals surface area (Å²) in [5, 5.41) is 22.4. The molecule has 1 rings (SSSR count). The lowest BCUT2D eigenvalue weighted by atomic mass is 10.1. The van der Waals surface area contributed by atoms with E-state index in [1.807, 2.05) is 0 Å². The van der Waals surface area contributed by atoms with E-state index in [-0.39, 0.29) is 19.3 Å². The summed E-state index contributed by atoms with van der Waals surface area (Å²) in [4.78, 5) is 61.7. The molecule has 12 heteroatoms. The molecule has 1 heterocycles.